The molecule has 1 aromatic carbocycles. The number of halogens is 1. The molecule has 0 aliphatic rings. The highest BCUT2D eigenvalue weighted by atomic mass is 127. The van der Waals surface area contributed by atoms with Crippen molar-refractivity contribution in [2.24, 2.45) is 4.99 Å². The van der Waals surface area contributed by atoms with Crippen LogP contribution < -0.4 is 5.32 Å². The number of hydrogen-bond donors (Lipinski definition) is 1. The predicted molar refractivity (Wildman–Crippen MR) is 135 cm³/mol. The predicted octanol–water partition coefficient (Wildman–Crippen LogP) is 3.71. The molecule has 0 saturated carbocycles. The number of thiazole rings is 1. The van der Waals surface area contributed by atoms with Crippen molar-refractivity contribution in [1.82, 2.24) is 30.0 Å². The molecule has 31 heavy (non-hydrogen) atoms. The van der Waals surface area contributed by atoms with E-state index in [0.717, 1.165) is 28.8 Å². The van der Waals surface area contributed by atoms with Crippen LogP contribution in [0.25, 0.3) is 0 Å². The lowest BCUT2D eigenvalue weighted by molar-refractivity contribution is 0.119. The zero-order valence-electron chi connectivity index (χ0n) is 18.4. The van der Waals surface area contributed by atoms with Gasteiger partial charge in [-0.2, -0.15) is 5.10 Å². The molecule has 2 heterocycles. The minimum atomic E-state index is 0. The number of aromatic nitrogens is 4. The fraction of sp³-hybridized carbons (Fsp3) is 0.429. The Morgan fingerprint density at radius 1 is 1.35 bits per heavy atom. The molecule has 10 heteroatoms. The Labute approximate surface area is 204 Å². The molecule has 0 bridgehead atoms. The monoisotopic (exact) mass is 555 g/mol. The second kappa shape index (κ2) is 12.7. The van der Waals surface area contributed by atoms with Gasteiger partial charge in [0.1, 0.15) is 23.8 Å². The van der Waals surface area contributed by atoms with Gasteiger partial charge >= 0.3 is 0 Å². The molecule has 168 valence electrons. The van der Waals surface area contributed by atoms with Crippen molar-refractivity contribution in [3.63, 3.8) is 0 Å². The number of aliphatic imine (C=N–C) groups is 1. The van der Waals surface area contributed by atoms with Crippen molar-refractivity contribution < 1.29 is 4.74 Å². The van der Waals surface area contributed by atoms with Gasteiger partial charge in [-0.15, -0.1) is 35.3 Å². The van der Waals surface area contributed by atoms with Gasteiger partial charge in [0, 0.05) is 26.1 Å². The van der Waals surface area contributed by atoms with Crippen molar-refractivity contribution in [1.29, 1.82) is 0 Å². The molecule has 0 radical (unpaired) electrons. The van der Waals surface area contributed by atoms with E-state index in [1.807, 2.05) is 18.7 Å². The van der Waals surface area contributed by atoms with Gasteiger partial charge < -0.3 is 15.0 Å². The Morgan fingerprint density at radius 2 is 2.16 bits per heavy atom. The van der Waals surface area contributed by atoms with E-state index >= 15 is 0 Å². The Balaban J connectivity index is 0.00000341. The van der Waals surface area contributed by atoms with Crippen LogP contribution in [0.5, 0.6) is 0 Å². The number of nitrogens with zero attached hydrogens (tertiary/aromatic N) is 6. The molecule has 1 unspecified atom stereocenters. The molecule has 0 amide bonds. The summed E-state index contributed by atoms with van der Waals surface area (Å²) in [6, 6.07) is 8.40. The fourth-order valence-corrected chi connectivity index (χ4v) is 3.81. The van der Waals surface area contributed by atoms with E-state index in [9.17, 15) is 0 Å². The molecule has 0 fully saturated rings. The van der Waals surface area contributed by atoms with Gasteiger partial charge in [-0.25, -0.2) is 19.6 Å². The van der Waals surface area contributed by atoms with Crippen LogP contribution in [0.3, 0.4) is 0 Å². The molecule has 0 spiro atoms. The molecule has 3 rings (SSSR count). The molecule has 0 aliphatic carbocycles. The molecule has 1 N–H and O–H groups in total. The van der Waals surface area contributed by atoms with E-state index in [-0.39, 0.29) is 30.1 Å². The maximum absolute atomic E-state index is 5.36. The lowest BCUT2D eigenvalue weighted by Crippen LogP contribution is -2.38. The van der Waals surface area contributed by atoms with Gasteiger partial charge in [0.05, 0.1) is 25.3 Å². The van der Waals surface area contributed by atoms with Crippen LogP contribution in [-0.4, -0.2) is 51.3 Å². The molecular weight excluding hydrogens is 525 g/mol. The summed E-state index contributed by atoms with van der Waals surface area (Å²) in [6.45, 7) is 6.87. The number of hydrogen-bond acceptors (Lipinski definition) is 6. The van der Waals surface area contributed by atoms with Gasteiger partial charge in [-0.3, -0.25) is 0 Å². The van der Waals surface area contributed by atoms with Crippen molar-refractivity contribution in [2.45, 2.75) is 39.6 Å². The average Bonchev–Trinajstić information content (AvgIpc) is 3.43. The van der Waals surface area contributed by atoms with E-state index in [1.54, 1.807) is 31.1 Å². The number of guanidine groups is 1. The van der Waals surface area contributed by atoms with Gasteiger partial charge in [0.25, 0.3) is 0 Å². The average molecular weight is 555 g/mol. The van der Waals surface area contributed by atoms with Gasteiger partial charge in [-0.05, 0) is 25.0 Å². The van der Waals surface area contributed by atoms with Crippen LogP contribution >= 0.6 is 35.3 Å². The molecule has 0 saturated heterocycles. The second-order valence-electron chi connectivity index (χ2n) is 6.99. The number of benzene rings is 1. The molecule has 8 nitrogen and oxygen atoms in total. The SMILES string of the molecule is CCNC(=NCc1cccc(Cn2cncn2)c1)N(C)Cc1csc(C(C)OC)n1.I. The standard InChI is InChI=1S/C21H29N7OS.HI/c1-5-23-21(27(3)12-19-13-30-20(26-19)16(2)29-4)24-10-17-7-6-8-18(9-17)11-28-15-22-14-25-28;/h6-9,13-16H,5,10-12H2,1-4H3,(H,23,24);1H. The van der Waals surface area contributed by atoms with E-state index in [4.69, 9.17) is 9.73 Å². The first-order valence-corrected chi connectivity index (χ1v) is 10.8. The Kier molecular flexibility index (Phi) is 10.3. The summed E-state index contributed by atoms with van der Waals surface area (Å²) in [4.78, 5) is 15.6. The summed E-state index contributed by atoms with van der Waals surface area (Å²) >= 11 is 1.63. The molecule has 3 aromatic rings. The van der Waals surface area contributed by atoms with E-state index < -0.39 is 0 Å². The Bertz CT molecular complexity index is 945. The van der Waals surface area contributed by atoms with Crippen molar-refractivity contribution in [3.8, 4) is 0 Å². The molecule has 0 aliphatic heterocycles. The number of methoxy groups -OCH3 is 1. The minimum absolute atomic E-state index is 0. The lowest BCUT2D eigenvalue weighted by atomic mass is 10.1. The number of rotatable bonds is 9. The summed E-state index contributed by atoms with van der Waals surface area (Å²) in [5.74, 6) is 0.855. The van der Waals surface area contributed by atoms with Gasteiger partial charge in [0.15, 0.2) is 5.96 Å². The maximum atomic E-state index is 5.36. The normalized spacial score (nSPS) is 12.3. The quantitative estimate of drug-likeness (QED) is 0.247. The van der Waals surface area contributed by atoms with Crippen molar-refractivity contribution >= 4 is 41.3 Å². The van der Waals surface area contributed by atoms with Crippen molar-refractivity contribution in [3.05, 3.63) is 64.1 Å². The van der Waals surface area contributed by atoms with Crippen LogP contribution in [0.2, 0.25) is 0 Å². The third-order valence-corrected chi connectivity index (χ3v) is 5.64. The largest absolute Gasteiger partial charge is 0.375 e. The zero-order valence-corrected chi connectivity index (χ0v) is 21.5. The summed E-state index contributed by atoms with van der Waals surface area (Å²) < 4.78 is 7.17. The number of nitrogens with one attached hydrogen (secondary N) is 1. The Morgan fingerprint density at radius 3 is 2.87 bits per heavy atom. The first kappa shape index (κ1) is 25.2. The number of ether oxygens (including phenoxy) is 1. The first-order chi connectivity index (χ1) is 14.6. The zero-order chi connectivity index (χ0) is 21.3. The van der Waals surface area contributed by atoms with Crippen molar-refractivity contribution in [2.75, 3.05) is 20.7 Å². The van der Waals surface area contributed by atoms with Crippen LogP contribution in [0.4, 0.5) is 0 Å². The van der Waals surface area contributed by atoms with E-state index in [1.165, 1.54) is 5.56 Å². The summed E-state index contributed by atoms with van der Waals surface area (Å²) in [6.07, 6.45) is 3.29. The van der Waals surface area contributed by atoms with Gasteiger partial charge in [-0.1, -0.05) is 24.3 Å². The van der Waals surface area contributed by atoms with Crippen LogP contribution in [-0.2, 0) is 24.4 Å². The summed E-state index contributed by atoms with van der Waals surface area (Å²) in [7, 11) is 3.73. The van der Waals surface area contributed by atoms with E-state index in [0.29, 0.717) is 19.6 Å². The van der Waals surface area contributed by atoms with Gasteiger partial charge in [0.2, 0.25) is 0 Å². The fourth-order valence-electron chi connectivity index (χ4n) is 2.96. The molecule has 1 atom stereocenters. The topological polar surface area (TPSA) is 80.5 Å². The highest BCUT2D eigenvalue weighted by Gasteiger charge is 2.12. The highest BCUT2D eigenvalue weighted by Crippen LogP contribution is 2.21. The van der Waals surface area contributed by atoms with Crippen LogP contribution in [0.1, 0.15) is 41.8 Å². The van der Waals surface area contributed by atoms with Crippen LogP contribution in [0, 0.1) is 0 Å². The third kappa shape index (κ3) is 7.54. The summed E-state index contributed by atoms with van der Waals surface area (Å²) in [5, 5.41) is 10.6. The lowest BCUT2D eigenvalue weighted by Gasteiger charge is -2.21. The summed E-state index contributed by atoms with van der Waals surface area (Å²) in [5.41, 5.74) is 3.34. The molecular formula is C21H30IN7OS. The maximum Gasteiger partial charge on any atom is 0.194 e. The molecule has 2 aromatic heterocycles. The minimum Gasteiger partial charge on any atom is -0.375 e. The smallest absolute Gasteiger partial charge is 0.194 e. The Hall–Kier alpha value is -2.05. The second-order valence-corrected chi connectivity index (χ2v) is 7.88. The van der Waals surface area contributed by atoms with Crippen LogP contribution in [0.15, 0.2) is 47.3 Å². The first-order valence-electron chi connectivity index (χ1n) is 9.95. The van der Waals surface area contributed by atoms with E-state index in [2.05, 4.69) is 61.9 Å². The highest BCUT2D eigenvalue weighted by molar-refractivity contribution is 14.0. The third-order valence-electron chi connectivity index (χ3n) is 4.58.